The number of carbonyl (C=O) groups is 3. The number of rotatable bonds is 6. The Bertz CT molecular complexity index is 1080. The minimum Gasteiger partial charge on any atom is -0.453 e. The molecule has 3 aliphatic rings. The van der Waals surface area contributed by atoms with Crippen LogP contribution in [0.3, 0.4) is 0 Å². The smallest absolute Gasteiger partial charge is 0.409 e. The average molecular weight is 501 g/mol. The first-order valence-electron chi connectivity index (χ1n) is 12.3. The molecule has 1 unspecified atom stereocenters. The summed E-state index contributed by atoms with van der Waals surface area (Å²) in [6.07, 6.45) is 1.58. The second kappa shape index (κ2) is 10.4. The van der Waals surface area contributed by atoms with Gasteiger partial charge in [-0.2, -0.15) is 4.37 Å². The van der Waals surface area contributed by atoms with E-state index in [9.17, 15) is 14.4 Å². The van der Waals surface area contributed by atoms with Gasteiger partial charge in [0.25, 0.3) is 0 Å². The van der Waals surface area contributed by atoms with Gasteiger partial charge >= 0.3 is 12.1 Å². The second-order valence-electron chi connectivity index (χ2n) is 9.33. The molecule has 1 aromatic carbocycles. The van der Waals surface area contributed by atoms with Gasteiger partial charge in [0.05, 0.1) is 17.9 Å². The largest absolute Gasteiger partial charge is 0.453 e. The zero-order chi connectivity index (χ0) is 24.4. The summed E-state index contributed by atoms with van der Waals surface area (Å²) in [5.41, 5.74) is 0. The van der Waals surface area contributed by atoms with E-state index in [1.807, 2.05) is 0 Å². The highest BCUT2D eigenvalue weighted by atomic mass is 32.1. The van der Waals surface area contributed by atoms with E-state index in [1.165, 1.54) is 22.1 Å². The number of amides is 4. The monoisotopic (exact) mass is 500 g/mol. The fraction of sp³-hybridized carbons (Fsp3) is 0.583. The molecule has 0 bridgehead atoms. The number of hydrogen-bond acceptors (Lipinski definition) is 8. The normalized spacial score (nSPS) is 21.6. The van der Waals surface area contributed by atoms with E-state index in [1.54, 1.807) is 21.3 Å². The average Bonchev–Trinajstić information content (AvgIpc) is 3.32. The number of anilines is 1. The van der Waals surface area contributed by atoms with Crippen molar-refractivity contribution in [1.29, 1.82) is 0 Å². The van der Waals surface area contributed by atoms with Gasteiger partial charge in [-0.15, -0.1) is 0 Å². The maximum atomic E-state index is 12.9. The van der Waals surface area contributed by atoms with E-state index in [2.05, 4.69) is 38.4 Å². The van der Waals surface area contributed by atoms with Crippen LogP contribution in [0.25, 0.3) is 10.1 Å². The van der Waals surface area contributed by atoms with Gasteiger partial charge in [-0.25, -0.2) is 9.59 Å². The van der Waals surface area contributed by atoms with E-state index in [0.717, 1.165) is 51.4 Å². The molecule has 188 valence electrons. The zero-order valence-electron chi connectivity index (χ0n) is 20.1. The Labute approximate surface area is 209 Å². The summed E-state index contributed by atoms with van der Waals surface area (Å²) in [5, 5.41) is 1.23. The van der Waals surface area contributed by atoms with Crippen molar-refractivity contribution in [3.63, 3.8) is 0 Å². The summed E-state index contributed by atoms with van der Waals surface area (Å²) < 4.78 is 10.7. The Hall–Kier alpha value is -2.92. The van der Waals surface area contributed by atoms with Gasteiger partial charge < -0.3 is 19.4 Å². The number of aromatic nitrogens is 1. The first-order chi connectivity index (χ1) is 17.0. The third-order valence-electron chi connectivity index (χ3n) is 7.24. The third-order valence-corrected chi connectivity index (χ3v) is 8.06. The number of nitrogens with zero attached hydrogens (tertiary/aromatic N) is 6. The molecule has 5 rings (SSSR count). The van der Waals surface area contributed by atoms with Gasteiger partial charge in [0.1, 0.15) is 5.82 Å². The molecule has 2 aromatic rings. The molecule has 3 aliphatic heterocycles. The highest BCUT2D eigenvalue weighted by Crippen LogP contribution is 2.30. The number of benzene rings is 1. The topological polar surface area (TPSA) is 89.5 Å². The highest BCUT2D eigenvalue weighted by Gasteiger charge is 2.42. The first-order valence-corrected chi connectivity index (χ1v) is 13.1. The standard InChI is InChI=1S/C24H32N6O4S/c1-34-24(33)28-14-15-29-18(17-28)16-21(31)30(23(29)32)9-5-4-8-26-10-12-27(13-11-26)22-19-6-2-3-7-20(19)35-25-22/h2-3,6-7,18H,4-5,8-17H2,1H3. The van der Waals surface area contributed by atoms with Crippen LogP contribution in [-0.2, 0) is 9.53 Å². The Kier molecular flexibility index (Phi) is 7.05. The van der Waals surface area contributed by atoms with Gasteiger partial charge in [0.2, 0.25) is 5.91 Å². The molecule has 11 heteroatoms. The van der Waals surface area contributed by atoms with Crippen molar-refractivity contribution < 1.29 is 19.1 Å². The fourth-order valence-electron chi connectivity index (χ4n) is 5.26. The number of hydrogen-bond donors (Lipinski definition) is 0. The van der Waals surface area contributed by atoms with Crippen molar-refractivity contribution in [2.75, 3.05) is 70.9 Å². The van der Waals surface area contributed by atoms with Crippen molar-refractivity contribution >= 4 is 45.5 Å². The Morgan fingerprint density at radius 3 is 2.63 bits per heavy atom. The summed E-state index contributed by atoms with van der Waals surface area (Å²) in [6, 6.07) is 7.90. The summed E-state index contributed by atoms with van der Waals surface area (Å²) >= 11 is 1.56. The van der Waals surface area contributed by atoms with Crippen molar-refractivity contribution in [1.82, 2.24) is 24.0 Å². The van der Waals surface area contributed by atoms with Crippen LogP contribution in [0.2, 0.25) is 0 Å². The molecular weight excluding hydrogens is 468 g/mol. The highest BCUT2D eigenvalue weighted by molar-refractivity contribution is 7.13. The van der Waals surface area contributed by atoms with E-state index in [-0.39, 0.29) is 24.4 Å². The Balaban J connectivity index is 1.05. The van der Waals surface area contributed by atoms with Crippen LogP contribution in [0.1, 0.15) is 19.3 Å². The molecule has 1 aromatic heterocycles. The molecule has 3 fully saturated rings. The summed E-state index contributed by atoms with van der Waals surface area (Å²) in [6.45, 7) is 6.50. The van der Waals surface area contributed by atoms with Crippen LogP contribution in [0.4, 0.5) is 15.4 Å². The van der Waals surface area contributed by atoms with Crippen LogP contribution in [0.5, 0.6) is 0 Å². The quantitative estimate of drug-likeness (QED) is 0.563. The minimum absolute atomic E-state index is 0.146. The predicted molar refractivity (Wildman–Crippen MR) is 134 cm³/mol. The zero-order valence-corrected chi connectivity index (χ0v) is 20.9. The number of carbonyl (C=O) groups excluding carboxylic acids is 3. The molecule has 4 amide bonds. The van der Waals surface area contributed by atoms with E-state index in [4.69, 9.17) is 4.74 Å². The summed E-state index contributed by atoms with van der Waals surface area (Å²) in [7, 11) is 1.34. The van der Waals surface area contributed by atoms with Gasteiger partial charge in [0, 0.05) is 64.2 Å². The number of fused-ring (bicyclic) bond motifs is 2. The molecule has 4 heterocycles. The molecule has 0 saturated carbocycles. The van der Waals surface area contributed by atoms with Crippen LogP contribution in [0.15, 0.2) is 24.3 Å². The Morgan fingerprint density at radius 2 is 1.83 bits per heavy atom. The molecule has 35 heavy (non-hydrogen) atoms. The number of piperazine rings is 2. The molecule has 0 N–H and O–H groups in total. The van der Waals surface area contributed by atoms with Crippen molar-refractivity contribution in [2.45, 2.75) is 25.3 Å². The minimum atomic E-state index is -0.409. The molecule has 0 aliphatic carbocycles. The lowest BCUT2D eigenvalue weighted by atomic mass is 10.0. The first kappa shape index (κ1) is 23.8. The number of imide groups is 1. The second-order valence-corrected chi connectivity index (χ2v) is 10.1. The van der Waals surface area contributed by atoms with Crippen LogP contribution in [0, 0.1) is 0 Å². The van der Waals surface area contributed by atoms with Gasteiger partial charge in [-0.1, -0.05) is 12.1 Å². The molecule has 0 spiro atoms. The van der Waals surface area contributed by atoms with E-state index >= 15 is 0 Å². The molecule has 1 atom stereocenters. The molecule has 3 saturated heterocycles. The summed E-state index contributed by atoms with van der Waals surface area (Å²) in [4.78, 5) is 46.9. The third kappa shape index (κ3) is 4.92. The van der Waals surface area contributed by atoms with Crippen LogP contribution >= 0.6 is 11.5 Å². The lowest BCUT2D eigenvalue weighted by Crippen LogP contribution is -2.64. The number of ether oxygens (including phenoxy) is 1. The fourth-order valence-corrected chi connectivity index (χ4v) is 6.06. The van der Waals surface area contributed by atoms with E-state index < -0.39 is 6.09 Å². The van der Waals surface area contributed by atoms with Crippen LogP contribution in [-0.4, -0.2) is 114 Å². The number of unbranched alkanes of at least 4 members (excludes halogenated alkanes) is 1. The van der Waals surface area contributed by atoms with Crippen LogP contribution < -0.4 is 4.90 Å². The number of methoxy groups -OCH3 is 1. The van der Waals surface area contributed by atoms with Gasteiger partial charge in [0.15, 0.2) is 0 Å². The molecule has 10 nitrogen and oxygen atoms in total. The maximum absolute atomic E-state index is 12.9. The van der Waals surface area contributed by atoms with Gasteiger partial charge in [-0.05, 0) is 43.1 Å². The van der Waals surface area contributed by atoms with E-state index in [0.29, 0.717) is 26.2 Å². The number of urea groups is 1. The van der Waals surface area contributed by atoms with Gasteiger partial charge in [-0.3, -0.25) is 14.6 Å². The SMILES string of the molecule is COC(=O)N1CCN2C(=O)N(CCCCN3CCN(c4nsc5ccccc45)CC3)C(=O)CC2C1. The molecule has 0 radical (unpaired) electrons. The molecular formula is C24H32N6O4S. The lowest BCUT2D eigenvalue weighted by Gasteiger charge is -2.45. The lowest BCUT2D eigenvalue weighted by molar-refractivity contribution is -0.133. The van der Waals surface area contributed by atoms with Crippen molar-refractivity contribution in [3.8, 4) is 0 Å². The predicted octanol–water partition coefficient (Wildman–Crippen LogP) is 2.30. The summed E-state index contributed by atoms with van der Waals surface area (Å²) in [5.74, 6) is 0.949. The van der Waals surface area contributed by atoms with Crippen molar-refractivity contribution in [3.05, 3.63) is 24.3 Å². The Morgan fingerprint density at radius 1 is 1.06 bits per heavy atom. The maximum Gasteiger partial charge on any atom is 0.409 e. The van der Waals surface area contributed by atoms with Crippen molar-refractivity contribution in [2.24, 2.45) is 0 Å².